The van der Waals surface area contributed by atoms with Gasteiger partial charge in [-0.15, -0.1) is 0 Å². The van der Waals surface area contributed by atoms with E-state index in [4.69, 9.17) is 19.4 Å². The molecule has 2 aliphatic heterocycles. The Morgan fingerprint density at radius 2 is 1.28 bits per heavy atom. The van der Waals surface area contributed by atoms with Gasteiger partial charge in [-0.1, -0.05) is 76.6 Å². The molecule has 14 nitrogen and oxygen atoms in total. The van der Waals surface area contributed by atoms with E-state index < -0.39 is 24.3 Å². The van der Waals surface area contributed by atoms with Crippen LogP contribution in [-0.2, 0) is 19.1 Å². The van der Waals surface area contributed by atoms with E-state index in [2.05, 4.69) is 75.2 Å². The predicted molar refractivity (Wildman–Crippen MR) is 244 cm³/mol. The van der Waals surface area contributed by atoms with Gasteiger partial charge in [-0.05, 0) is 120 Å². The summed E-state index contributed by atoms with van der Waals surface area (Å²) in [6, 6.07) is 18.0. The van der Waals surface area contributed by atoms with Gasteiger partial charge in [-0.3, -0.25) is 9.59 Å². The zero-order chi connectivity index (χ0) is 44.8. The van der Waals surface area contributed by atoms with Crippen LogP contribution < -0.4 is 10.6 Å². The lowest BCUT2D eigenvalue weighted by atomic mass is 9.81. The topological polar surface area (TPSA) is 175 Å². The molecule has 4 N–H and O–H groups in total. The largest absolute Gasteiger partial charge is 0.453 e. The van der Waals surface area contributed by atoms with Gasteiger partial charge < -0.3 is 39.9 Å². The molecule has 14 heteroatoms. The highest BCUT2D eigenvalue weighted by molar-refractivity contribution is 5.89. The van der Waals surface area contributed by atoms with Crippen LogP contribution in [0, 0.1) is 11.8 Å². The van der Waals surface area contributed by atoms with Crippen molar-refractivity contribution in [1.82, 2.24) is 40.4 Å². The first-order valence-corrected chi connectivity index (χ1v) is 23.1. The number of rotatable bonds is 12. The highest BCUT2D eigenvalue weighted by atomic mass is 16.5. The molecule has 9 rings (SSSR count). The molecule has 2 bridgehead atoms. The van der Waals surface area contributed by atoms with Gasteiger partial charge in [0.05, 0.1) is 49.2 Å². The number of amides is 4. The van der Waals surface area contributed by atoms with Crippen LogP contribution >= 0.6 is 0 Å². The Morgan fingerprint density at radius 3 is 1.89 bits per heavy atom. The van der Waals surface area contributed by atoms with Gasteiger partial charge >= 0.3 is 12.2 Å². The fraction of sp³-hybridized carbons (Fsp3) is 0.480. The van der Waals surface area contributed by atoms with E-state index >= 15 is 0 Å². The SMILES string of the molecule is CC[C@H](C)[C@H](NC(=O)OC)C(=O)N1CCC[C@H]1c1nc2ccc(-c3ccc(-c4ccc(-c5cnc(C6CCCN6C(=O)[C@@H](NC(=O)OC)C(C)C)[nH]5)cc4)c4c3C3CCC4C3)cc2[nH]1. The summed E-state index contributed by atoms with van der Waals surface area (Å²) in [4.78, 5) is 72.5. The maximum atomic E-state index is 13.9. The minimum absolute atomic E-state index is 0.0529. The van der Waals surface area contributed by atoms with Crippen molar-refractivity contribution in [3.63, 3.8) is 0 Å². The molecule has 0 spiro atoms. The van der Waals surface area contributed by atoms with Crippen molar-refractivity contribution in [3.05, 3.63) is 83.6 Å². The van der Waals surface area contributed by atoms with Crippen molar-refractivity contribution in [3.8, 4) is 33.5 Å². The summed E-state index contributed by atoms with van der Waals surface area (Å²) in [5.74, 6) is 2.18. The summed E-state index contributed by atoms with van der Waals surface area (Å²) in [7, 11) is 2.62. The summed E-state index contributed by atoms with van der Waals surface area (Å²) < 4.78 is 9.66. The number of nitrogens with zero attached hydrogens (tertiary/aromatic N) is 4. The van der Waals surface area contributed by atoms with Crippen LogP contribution in [0.1, 0.15) is 126 Å². The molecule has 0 radical (unpaired) electrons. The minimum atomic E-state index is -0.685. The average molecular weight is 869 g/mol. The highest BCUT2D eigenvalue weighted by Crippen LogP contribution is 2.58. The Kier molecular flexibility index (Phi) is 12.0. The van der Waals surface area contributed by atoms with Gasteiger partial charge in [0, 0.05) is 13.1 Å². The Balaban J connectivity index is 0.948. The van der Waals surface area contributed by atoms with E-state index in [1.165, 1.54) is 61.3 Å². The molecule has 2 aromatic heterocycles. The zero-order valence-electron chi connectivity index (χ0n) is 37.7. The fourth-order valence-corrected chi connectivity index (χ4v) is 10.9. The van der Waals surface area contributed by atoms with Crippen LogP contribution in [0.3, 0.4) is 0 Å². The number of imidazole rings is 2. The number of likely N-dealkylation sites (tertiary alicyclic amines) is 2. The number of methoxy groups -OCH3 is 2. The van der Waals surface area contributed by atoms with Crippen molar-refractivity contribution in [2.75, 3.05) is 27.3 Å². The number of H-pyrrole nitrogens is 2. The lowest BCUT2D eigenvalue weighted by Crippen LogP contribution is -2.51. The summed E-state index contributed by atoms with van der Waals surface area (Å²) in [6.07, 6.45) is 8.25. The van der Waals surface area contributed by atoms with E-state index in [1.54, 1.807) is 0 Å². The maximum Gasteiger partial charge on any atom is 0.407 e. The van der Waals surface area contributed by atoms with Crippen molar-refractivity contribution >= 4 is 35.0 Å². The number of aromatic amines is 2. The number of fused-ring (bicyclic) bond motifs is 6. The second-order valence-corrected chi connectivity index (χ2v) is 18.5. The van der Waals surface area contributed by atoms with Gasteiger partial charge in [0.15, 0.2) is 0 Å². The van der Waals surface area contributed by atoms with Gasteiger partial charge in [-0.25, -0.2) is 19.6 Å². The molecular formula is C50H60N8O6. The molecule has 3 fully saturated rings. The third kappa shape index (κ3) is 7.89. The van der Waals surface area contributed by atoms with Crippen LogP contribution in [-0.4, -0.2) is 93.1 Å². The quantitative estimate of drug-likeness (QED) is 0.0961. The number of ether oxygens (including phenoxy) is 2. The molecule has 336 valence electrons. The van der Waals surface area contributed by atoms with E-state index in [0.717, 1.165) is 71.6 Å². The van der Waals surface area contributed by atoms with Crippen molar-refractivity contribution in [2.24, 2.45) is 11.8 Å². The molecular weight excluding hydrogens is 809 g/mol. The third-order valence-electron chi connectivity index (χ3n) is 14.5. The summed E-state index contributed by atoms with van der Waals surface area (Å²) in [5, 5.41) is 5.51. The van der Waals surface area contributed by atoms with E-state index in [-0.39, 0.29) is 35.7 Å². The molecule has 4 amide bonds. The average Bonchev–Trinajstić information content (AvgIpc) is 4.18. The molecule has 3 unspecified atom stereocenters. The number of nitrogens with one attached hydrogen (secondary N) is 4. The summed E-state index contributed by atoms with van der Waals surface area (Å²) >= 11 is 0. The number of carbonyl (C=O) groups is 4. The van der Waals surface area contributed by atoms with Gasteiger partial charge in [0.2, 0.25) is 11.8 Å². The van der Waals surface area contributed by atoms with Crippen LogP contribution in [0.15, 0.2) is 60.8 Å². The Hall–Kier alpha value is -6.18. The summed E-state index contributed by atoms with van der Waals surface area (Å²) in [5.41, 5.74) is 11.6. The van der Waals surface area contributed by atoms with Crippen LogP contribution in [0.25, 0.3) is 44.5 Å². The van der Waals surface area contributed by atoms with Crippen molar-refractivity contribution < 1.29 is 28.7 Å². The van der Waals surface area contributed by atoms with Gasteiger partial charge in [0.25, 0.3) is 0 Å². The monoisotopic (exact) mass is 868 g/mol. The fourth-order valence-electron chi connectivity index (χ4n) is 10.9. The number of benzene rings is 3. The molecule has 2 aliphatic carbocycles. The van der Waals surface area contributed by atoms with Gasteiger partial charge in [0.1, 0.15) is 23.7 Å². The lowest BCUT2D eigenvalue weighted by Gasteiger charge is -2.30. The zero-order valence-corrected chi connectivity index (χ0v) is 37.7. The molecule has 7 atom stereocenters. The minimum Gasteiger partial charge on any atom is -0.453 e. The first-order chi connectivity index (χ1) is 31.0. The molecule has 64 heavy (non-hydrogen) atoms. The normalized spacial score (nSPS) is 21.5. The Bertz CT molecular complexity index is 2560. The smallest absolute Gasteiger partial charge is 0.407 e. The Labute approximate surface area is 374 Å². The van der Waals surface area contributed by atoms with Crippen LogP contribution in [0.2, 0.25) is 0 Å². The first kappa shape index (κ1) is 43.1. The Morgan fingerprint density at radius 1 is 0.719 bits per heavy atom. The molecule has 1 saturated carbocycles. The standard InChI is InChI=1S/C50H60N8O6/c1-7-28(4)44(56-50(62)64-6)48(60)58-23-9-11-40(58)46-52-36-21-18-31(25-37(36)53-46)35-20-19-34(41-32-16-17-33(24-32)42(35)41)29-12-14-30(15-13-29)38-26-51-45(54-38)39-10-8-22-57(39)47(59)43(27(2)3)55-49(61)63-5/h12-15,18-21,25-28,32-33,39-40,43-44H,7-11,16-17,22-24H2,1-6H3,(H,51,54)(H,52,53)(H,55,61)(H,56,62)/t28-,32?,33?,39?,40-,43-,44-/m0/s1. The molecule has 2 saturated heterocycles. The molecule has 4 heterocycles. The number of aromatic nitrogens is 4. The highest BCUT2D eigenvalue weighted by Gasteiger charge is 2.42. The van der Waals surface area contributed by atoms with Crippen LogP contribution in [0.5, 0.6) is 0 Å². The first-order valence-electron chi connectivity index (χ1n) is 23.1. The molecule has 5 aromatic rings. The summed E-state index contributed by atoms with van der Waals surface area (Å²) in [6.45, 7) is 9.04. The second-order valence-electron chi connectivity index (χ2n) is 18.5. The number of hydrogen-bond donors (Lipinski definition) is 4. The van der Waals surface area contributed by atoms with E-state index in [9.17, 15) is 19.2 Å². The van der Waals surface area contributed by atoms with Gasteiger partial charge in [-0.2, -0.15) is 0 Å². The predicted octanol–water partition coefficient (Wildman–Crippen LogP) is 9.13. The maximum absolute atomic E-state index is 13.9. The van der Waals surface area contributed by atoms with E-state index in [0.29, 0.717) is 24.9 Å². The van der Waals surface area contributed by atoms with Crippen molar-refractivity contribution in [2.45, 2.75) is 115 Å². The third-order valence-corrected chi connectivity index (χ3v) is 14.5. The van der Waals surface area contributed by atoms with Crippen molar-refractivity contribution in [1.29, 1.82) is 0 Å². The van der Waals surface area contributed by atoms with Crippen LogP contribution in [0.4, 0.5) is 9.59 Å². The van der Waals surface area contributed by atoms with E-state index in [1.807, 2.05) is 43.7 Å². The number of alkyl carbamates (subject to hydrolysis) is 2. The number of hydrogen-bond acceptors (Lipinski definition) is 8. The lowest BCUT2D eigenvalue weighted by molar-refractivity contribution is -0.136. The second kappa shape index (κ2) is 17.8. The molecule has 4 aliphatic rings. The molecule has 3 aromatic carbocycles. The number of carbonyl (C=O) groups excluding carboxylic acids is 4.